The molecule has 0 spiro atoms. The topological polar surface area (TPSA) is 71.3 Å². The number of halogens is 3. The lowest BCUT2D eigenvalue weighted by molar-refractivity contribution is -0.151. The highest BCUT2D eigenvalue weighted by Crippen LogP contribution is 2.20. The first kappa shape index (κ1) is 23.7. The highest BCUT2D eigenvalue weighted by molar-refractivity contribution is 7.71. The van der Waals surface area contributed by atoms with Gasteiger partial charge in [-0.1, -0.05) is 31.2 Å². The lowest BCUT2D eigenvalue weighted by Crippen LogP contribution is -2.35. The number of rotatable bonds is 7. The number of nitriles is 1. The summed E-state index contributed by atoms with van der Waals surface area (Å²) in [6.45, 7) is 0.895. The molecule has 0 atom stereocenters. The van der Waals surface area contributed by atoms with Crippen molar-refractivity contribution in [2.24, 2.45) is 0 Å². The monoisotopic (exact) mass is 486 g/mol. The molecule has 176 valence electrons. The van der Waals surface area contributed by atoms with E-state index in [0.717, 1.165) is 0 Å². The molecular weight excluding hydrogens is 465 g/mol. The van der Waals surface area contributed by atoms with Crippen molar-refractivity contribution < 1.29 is 13.2 Å². The largest absolute Gasteiger partial charge is 0.401 e. The minimum absolute atomic E-state index is 0.0244. The molecule has 2 aromatic heterocycles. The van der Waals surface area contributed by atoms with Crippen LogP contribution >= 0.6 is 12.2 Å². The van der Waals surface area contributed by atoms with Gasteiger partial charge in [0, 0.05) is 13.1 Å². The molecule has 4 aromatic rings. The molecular formula is C23H21F3N6OS. The smallest absolute Gasteiger partial charge is 0.276 e. The summed E-state index contributed by atoms with van der Waals surface area (Å²) in [5.74, 6) is 0.292. The number of aryl methyl sites for hydroxylation is 1. The van der Waals surface area contributed by atoms with E-state index < -0.39 is 12.7 Å². The van der Waals surface area contributed by atoms with Crippen LogP contribution < -0.4 is 5.56 Å². The average Bonchev–Trinajstić information content (AvgIpc) is 3.12. The number of fused-ring (bicyclic) bond motifs is 3. The van der Waals surface area contributed by atoms with Crippen LogP contribution in [0.25, 0.3) is 16.7 Å². The predicted octanol–water partition coefficient (Wildman–Crippen LogP) is 4.48. The van der Waals surface area contributed by atoms with E-state index >= 15 is 0 Å². The Morgan fingerprint density at radius 1 is 1.15 bits per heavy atom. The van der Waals surface area contributed by atoms with Gasteiger partial charge in [-0.25, -0.2) is 4.68 Å². The fourth-order valence-electron chi connectivity index (χ4n) is 3.93. The maximum Gasteiger partial charge on any atom is 0.401 e. The number of alkyl halides is 3. The number of hydrogen-bond acceptors (Lipinski definition) is 5. The van der Waals surface area contributed by atoms with E-state index in [9.17, 15) is 18.0 Å². The molecule has 0 saturated heterocycles. The van der Waals surface area contributed by atoms with Crippen LogP contribution in [0.5, 0.6) is 0 Å². The van der Waals surface area contributed by atoms with Crippen molar-refractivity contribution in [3.8, 4) is 6.07 Å². The first-order valence-electron chi connectivity index (χ1n) is 10.6. The standard InChI is InChI=1S/C23H21F3N6OS/c1-2-11-30-20(33)18-5-3-4-6-19(18)32-21(30)28-31(22(32)34)15-29(14-23(24,25)26)13-17-9-7-16(12-27)8-10-17/h3-10H,2,11,13-15H2,1H3. The zero-order chi connectivity index (χ0) is 24.5. The Hall–Kier alpha value is -3.49. The first-order valence-corrected chi connectivity index (χ1v) is 11.0. The Kier molecular flexibility index (Phi) is 6.54. The van der Waals surface area contributed by atoms with Gasteiger partial charge in [0.05, 0.1) is 35.7 Å². The second-order valence-electron chi connectivity index (χ2n) is 7.94. The summed E-state index contributed by atoms with van der Waals surface area (Å²) in [7, 11) is 0. The fraction of sp³-hybridized carbons (Fsp3) is 0.304. The van der Waals surface area contributed by atoms with E-state index in [1.54, 1.807) is 52.9 Å². The molecule has 4 rings (SSSR count). The SMILES string of the molecule is CCCn1c(=O)c2ccccc2n2c(=S)n(CN(Cc3ccc(C#N)cc3)CC(F)(F)F)nc12. The predicted molar refractivity (Wildman–Crippen MR) is 124 cm³/mol. The molecule has 0 fully saturated rings. The van der Waals surface area contributed by atoms with Gasteiger partial charge >= 0.3 is 6.18 Å². The molecule has 11 heteroatoms. The number of hydrogen-bond donors (Lipinski definition) is 0. The molecule has 0 aliphatic carbocycles. The summed E-state index contributed by atoms with van der Waals surface area (Å²) in [6.07, 6.45) is -3.77. The van der Waals surface area contributed by atoms with Gasteiger partial charge in [-0.15, -0.1) is 5.10 Å². The van der Waals surface area contributed by atoms with Crippen LogP contribution in [0, 0.1) is 16.1 Å². The van der Waals surface area contributed by atoms with Crippen LogP contribution in [-0.4, -0.2) is 36.4 Å². The third kappa shape index (κ3) is 4.73. The van der Waals surface area contributed by atoms with E-state index in [1.807, 2.05) is 13.0 Å². The molecule has 0 amide bonds. The van der Waals surface area contributed by atoms with Gasteiger partial charge < -0.3 is 0 Å². The fourth-order valence-corrected chi connectivity index (χ4v) is 4.21. The third-order valence-corrected chi connectivity index (χ3v) is 5.75. The molecule has 2 aromatic carbocycles. The van der Waals surface area contributed by atoms with Crippen LogP contribution in [0.15, 0.2) is 53.3 Å². The van der Waals surface area contributed by atoms with Crippen LogP contribution in [0.1, 0.15) is 24.5 Å². The molecule has 0 aliphatic rings. The van der Waals surface area contributed by atoms with Crippen molar-refractivity contribution in [3.05, 3.63) is 74.8 Å². The average molecular weight is 487 g/mol. The van der Waals surface area contributed by atoms with Gasteiger partial charge in [-0.05, 0) is 48.5 Å². The lowest BCUT2D eigenvalue weighted by Gasteiger charge is -2.23. The van der Waals surface area contributed by atoms with Crippen molar-refractivity contribution in [2.75, 3.05) is 6.54 Å². The van der Waals surface area contributed by atoms with Gasteiger partial charge in [0.1, 0.15) is 0 Å². The minimum atomic E-state index is -4.44. The van der Waals surface area contributed by atoms with Crippen LogP contribution in [-0.2, 0) is 19.8 Å². The number of nitrogens with zero attached hydrogens (tertiary/aromatic N) is 6. The summed E-state index contributed by atoms with van der Waals surface area (Å²) >= 11 is 5.60. The summed E-state index contributed by atoms with van der Waals surface area (Å²) in [6, 6.07) is 15.3. The van der Waals surface area contributed by atoms with Crippen molar-refractivity contribution in [1.29, 1.82) is 5.26 Å². The van der Waals surface area contributed by atoms with E-state index in [2.05, 4.69) is 5.10 Å². The molecule has 0 saturated carbocycles. The van der Waals surface area contributed by atoms with Gasteiger partial charge in [0.15, 0.2) is 0 Å². The van der Waals surface area contributed by atoms with E-state index in [1.165, 1.54) is 14.1 Å². The van der Waals surface area contributed by atoms with Crippen molar-refractivity contribution in [2.45, 2.75) is 39.3 Å². The summed E-state index contributed by atoms with van der Waals surface area (Å²) in [4.78, 5) is 14.2. The zero-order valence-electron chi connectivity index (χ0n) is 18.3. The van der Waals surface area contributed by atoms with Crippen LogP contribution in [0.2, 0.25) is 0 Å². The van der Waals surface area contributed by atoms with Crippen molar-refractivity contribution >= 4 is 28.9 Å². The normalized spacial score (nSPS) is 12.0. The highest BCUT2D eigenvalue weighted by atomic mass is 32.1. The molecule has 0 unspecified atom stereocenters. The van der Waals surface area contributed by atoms with Crippen LogP contribution in [0.3, 0.4) is 0 Å². The van der Waals surface area contributed by atoms with Gasteiger partial charge in [-0.2, -0.15) is 18.4 Å². The summed E-state index contributed by atoms with van der Waals surface area (Å²) < 4.78 is 44.8. The molecule has 0 N–H and O–H groups in total. The van der Waals surface area contributed by atoms with E-state index in [4.69, 9.17) is 17.5 Å². The second kappa shape index (κ2) is 9.40. The molecule has 2 heterocycles. The number of para-hydroxylation sites is 1. The van der Waals surface area contributed by atoms with Gasteiger partial charge in [0.25, 0.3) is 5.56 Å². The Bertz CT molecular complexity index is 1490. The maximum atomic E-state index is 13.4. The number of aromatic nitrogens is 4. The van der Waals surface area contributed by atoms with Crippen LogP contribution in [0.4, 0.5) is 13.2 Å². The Morgan fingerprint density at radius 2 is 1.85 bits per heavy atom. The summed E-state index contributed by atoms with van der Waals surface area (Å²) in [5, 5.41) is 13.9. The second-order valence-corrected chi connectivity index (χ2v) is 8.31. The summed E-state index contributed by atoms with van der Waals surface area (Å²) in [5.41, 5.74) is 1.38. The molecule has 0 aliphatic heterocycles. The molecule has 0 radical (unpaired) electrons. The van der Waals surface area contributed by atoms with Gasteiger partial charge in [-0.3, -0.25) is 18.7 Å². The maximum absolute atomic E-state index is 13.4. The lowest BCUT2D eigenvalue weighted by atomic mass is 10.1. The third-order valence-electron chi connectivity index (χ3n) is 5.36. The Morgan fingerprint density at radius 3 is 2.50 bits per heavy atom. The zero-order valence-corrected chi connectivity index (χ0v) is 19.1. The van der Waals surface area contributed by atoms with Crippen molar-refractivity contribution in [1.82, 2.24) is 23.6 Å². The number of benzene rings is 2. The quantitative estimate of drug-likeness (QED) is 0.360. The molecule has 0 bridgehead atoms. The first-order chi connectivity index (χ1) is 16.2. The molecule has 34 heavy (non-hydrogen) atoms. The Balaban J connectivity index is 1.80. The Labute approximate surface area is 197 Å². The minimum Gasteiger partial charge on any atom is -0.276 e. The van der Waals surface area contributed by atoms with E-state index in [0.29, 0.717) is 40.8 Å². The van der Waals surface area contributed by atoms with E-state index in [-0.39, 0.29) is 23.5 Å². The molecule has 7 nitrogen and oxygen atoms in total. The van der Waals surface area contributed by atoms with Crippen molar-refractivity contribution in [3.63, 3.8) is 0 Å². The highest BCUT2D eigenvalue weighted by Gasteiger charge is 2.31. The van der Waals surface area contributed by atoms with Gasteiger partial charge in [0.2, 0.25) is 10.5 Å².